The van der Waals surface area contributed by atoms with Gasteiger partial charge in [-0.1, -0.05) is 48.0 Å². The molecule has 0 aliphatic carbocycles. The molecule has 1 fully saturated rings. The number of hydrogen-bond acceptors (Lipinski definition) is 3. The lowest BCUT2D eigenvalue weighted by Gasteiger charge is -2.23. The maximum atomic E-state index is 12.9. The van der Waals surface area contributed by atoms with Crippen LogP contribution in [0.4, 0.5) is 0 Å². The fraction of sp³-hybridized carbons (Fsp3) is 0.278. The molecule has 0 N–H and O–H groups in total. The van der Waals surface area contributed by atoms with Gasteiger partial charge in [-0.15, -0.1) is 0 Å². The van der Waals surface area contributed by atoms with E-state index in [-0.39, 0.29) is 29.7 Å². The Balaban J connectivity index is 1.89. The van der Waals surface area contributed by atoms with Crippen LogP contribution in [-0.4, -0.2) is 31.1 Å². The van der Waals surface area contributed by atoms with Crippen LogP contribution in [-0.2, 0) is 21.2 Å². The summed E-state index contributed by atoms with van der Waals surface area (Å²) in [5.41, 5.74) is 2.04. The predicted octanol–water partition coefficient (Wildman–Crippen LogP) is 2.57. The van der Waals surface area contributed by atoms with Gasteiger partial charge in [0.2, 0.25) is 10.0 Å². The monoisotopic (exact) mass is 329 g/mol. The Hall–Kier alpha value is -1.98. The molecule has 1 aliphatic heterocycles. The Labute approximate surface area is 136 Å². The molecule has 120 valence electrons. The van der Waals surface area contributed by atoms with Gasteiger partial charge in [0.15, 0.2) is 0 Å². The zero-order chi connectivity index (χ0) is 16.4. The van der Waals surface area contributed by atoms with Gasteiger partial charge in [-0.05, 0) is 31.0 Å². The van der Waals surface area contributed by atoms with Crippen molar-refractivity contribution in [3.05, 3.63) is 65.7 Å². The van der Waals surface area contributed by atoms with Gasteiger partial charge in [-0.3, -0.25) is 4.79 Å². The van der Waals surface area contributed by atoms with Gasteiger partial charge in [0.25, 0.3) is 0 Å². The standard InChI is InChI=1S/C18H19NO3S/c1-14-7-9-18(10-8-14)23(21,22)19-13-17(20)12-16(19)11-15-5-3-2-4-6-15/h2-10,16H,11-13H2,1H3/t16-/m0/s1. The van der Waals surface area contributed by atoms with E-state index in [9.17, 15) is 13.2 Å². The topological polar surface area (TPSA) is 54.5 Å². The normalized spacial score (nSPS) is 19.2. The van der Waals surface area contributed by atoms with Crippen molar-refractivity contribution in [2.75, 3.05) is 6.54 Å². The van der Waals surface area contributed by atoms with Crippen molar-refractivity contribution < 1.29 is 13.2 Å². The summed E-state index contributed by atoms with van der Waals surface area (Å²) in [7, 11) is -3.65. The first kappa shape index (κ1) is 15.9. The summed E-state index contributed by atoms with van der Waals surface area (Å²) in [6, 6.07) is 16.1. The van der Waals surface area contributed by atoms with Crippen LogP contribution >= 0.6 is 0 Å². The number of rotatable bonds is 4. The molecule has 1 atom stereocenters. The van der Waals surface area contributed by atoms with Crippen LogP contribution in [0.15, 0.2) is 59.5 Å². The van der Waals surface area contributed by atoms with E-state index < -0.39 is 10.0 Å². The Morgan fingerprint density at radius 3 is 2.35 bits per heavy atom. The molecule has 0 radical (unpaired) electrons. The molecule has 0 spiro atoms. The Morgan fingerprint density at radius 1 is 1.04 bits per heavy atom. The lowest BCUT2D eigenvalue weighted by Crippen LogP contribution is -2.37. The van der Waals surface area contributed by atoms with Gasteiger partial charge in [0, 0.05) is 12.5 Å². The largest absolute Gasteiger partial charge is 0.298 e. The molecule has 0 bridgehead atoms. The summed E-state index contributed by atoms with van der Waals surface area (Å²) >= 11 is 0. The van der Waals surface area contributed by atoms with E-state index in [1.54, 1.807) is 24.3 Å². The maximum absolute atomic E-state index is 12.9. The lowest BCUT2D eigenvalue weighted by atomic mass is 10.0. The van der Waals surface area contributed by atoms with E-state index in [0.29, 0.717) is 6.42 Å². The summed E-state index contributed by atoms with van der Waals surface area (Å²) in [6.45, 7) is 1.88. The minimum absolute atomic E-state index is 0.0263. The number of aryl methyl sites for hydroxylation is 1. The summed E-state index contributed by atoms with van der Waals surface area (Å²) in [4.78, 5) is 12.1. The number of ketones is 1. The second kappa shape index (κ2) is 6.26. The number of nitrogens with zero attached hydrogens (tertiary/aromatic N) is 1. The SMILES string of the molecule is Cc1ccc(S(=O)(=O)N2CC(=O)C[C@@H]2Cc2ccccc2)cc1. The molecule has 0 amide bonds. The van der Waals surface area contributed by atoms with E-state index >= 15 is 0 Å². The minimum Gasteiger partial charge on any atom is -0.298 e. The molecular weight excluding hydrogens is 310 g/mol. The number of benzene rings is 2. The average Bonchev–Trinajstić information content (AvgIpc) is 2.90. The average molecular weight is 329 g/mol. The van der Waals surface area contributed by atoms with Gasteiger partial charge >= 0.3 is 0 Å². The van der Waals surface area contributed by atoms with Gasteiger partial charge in [-0.25, -0.2) is 8.42 Å². The highest BCUT2D eigenvalue weighted by Crippen LogP contribution is 2.27. The number of hydrogen-bond donors (Lipinski definition) is 0. The molecule has 0 saturated carbocycles. The molecule has 0 aromatic heterocycles. The molecule has 23 heavy (non-hydrogen) atoms. The Morgan fingerprint density at radius 2 is 1.70 bits per heavy atom. The van der Waals surface area contributed by atoms with E-state index in [4.69, 9.17) is 0 Å². The highest BCUT2D eigenvalue weighted by molar-refractivity contribution is 7.89. The third kappa shape index (κ3) is 3.35. The molecule has 1 heterocycles. The van der Waals surface area contributed by atoms with Crippen LogP contribution in [0.1, 0.15) is 17.5 Å². The van der Waals surface area contributed by atoms with Crippen LogP contribution in [0, 0.1) is 6.92 Å². The summed E-state index contributed by atoms with van der Waals surface area (Å²) in [5.74, 6) is -0.0263. The molecule has 3 rings (SSSR count). The van der Waals surface area contributed by atoms with Crippen molar-refractivity contribution in [1.29, 1.82) is 0 Å². The van der Waals surface area contributed by atoms with Gasteiger partial charge < -0.3 is 0 Å². The van der Waals surface area contributed by atoms with E-state index in [0.717, 1.165) is 11.1 Å². The van der Waals surface area contributed by atoms with Crippen molar-refractivity contribution in [1.82, 2.24) is 4.31 Å². The van der Waals surface area contributed by atoms with E-state index in [2.05, 4.69) is 0 Å². The molecule has 2 aromatic carbocycles. The van der Waals surface area contributed by atoms with Crippen LogP contribution in [0.25, 0.3) is 0 Å². The highest BCUT2D eigenvalue weighted by Gasteiger charge is 2.39. The van der Waals surface area contributed by atoms with Crippen LogP contribution in [0.3, 0.4) is 0 Å². The summed E-state index contributed by atoms with van der Waals surface area (Å²) in [5, 5.41) is 0. The van der Waals surface area contributed by atoms with Crippen molar-refractivity contribution in [2.24, 2.45) is 0 Å². The number of Topliss-reactive ketones (excluding diaryl/α,β-unsaturated/α-hetero) is 1. The first-order valence-corrected chi connectivity index (χ1v) is 9.05. The number of carbonyl (C=O) groups is 1. The molecule has 1 saturated heterocycles. The Kier molecular flexibility index (Phi) is 4.33. The van der Waals surface area contributed by atoms with Crippen molar-refractivity contribution in [3.63, 3.8) is 0 Å². The quantitative estimate of drug-likeness (QED) is 0.866. The minimum atomic E-state index is -3.65. The van der Waals surface area contributed by atoms with E-state index in [1.807, 2.05) is 37.3 Å². The van der Waals surface area contributed by atoms with Crippen LogP contribution in [0.2, 0.25) is 0 Å². The van der Waals surface area contributed by atoms with Crippen molar-refractivity contribution in [2.45, 2.75) is 30.7 Å². The van der Waals surface area contributed by atoms with Crippen LogP contribution < -0.4 is 0 Å². The summed E-state index contributed by atoms with van der Waals surface area (Å²) in [6.07, 6.45) is 0.831. The zero-order valence-corrected chi connectivity index (χ0v) is 13.8. The fourth-order valence-corrected chi connectivity index (χ4v) is 4.53. The molecule has 0 unspecified atom stereocenters. The number of sulfonamides is 1. The van der Waals surface area contributed by atoms with Crippen molar-refractivity contribution >= 4 is 15.8 Å². The van der Waals surface area contributed by atoms with Gasteiger partial charge in [-0.2, -0.15) is 4.31 Å². The van der Waals surface area contributed by atoms with Crippen molar-refractivity contribution in [3.8, 4) is 0 Å². The smallest absolute Gasteiger partial charge is 0.243 e. The van der Waals surface area contributed by atoms with Crippen LogP contribution in [0.5, 0.6) is 0 Å². The van der Waals surface area contributed by atoms with E-state index in [1.165, 1.54) is 4.31 Å². The molecule has 5 heteroatoms. The summed E-state index contributed by atoms with van der Waals surface area (Å²) < 4.78 is 27.1. The van der Waals surface area contributed by atoms with Gasteiger partial charge in [0.1, 0.15) is 5.78 Å². The first-order chi connectivity index (χ1) is 11.0. The lowest BCUT2D eigenvalue weighted by molar-refractivity contribution is -0.116. The first-order valence-electron chi connectivity index (χ1n) is 7.61. The zero-order valence-electron chi connectivity index (χ0n) is 13.0. The second-order valence-corrected chi connectivity index (χ2v) is 7.84. The highest BCUT2D eigenvalue weighted by atomic mass is 32.2. The molecule has 1 aliphatic rings. The molecule has 2 aromatic rings. The fourth-order valence-electron chi connectivity index (χ4n) is 2.92. The Bertz CT molecular complexity index is 798. The molecule has 4 nitrogen and oxygen atoms in total. The maximum Gasteiger partial charge on any atom is 0.243 e. The number of carbonyl (C=O) groups excluding carboxylic acids is 1. The van der Waals surface area contributed by atoms with Gasteiger partial charge in [0.05, 0.1) is 11.4 Å². The second-order valence-electron chi connectivity index (χ2n) is 5.95. The molecular formula is C18H19NO3S. The third-order valence-corrected chi connectivity index (χ3v) is 6.06. The third-order valence-electron chi connectivity index (χ3n) is 4.14. The predicted molar refractivity (Wildman–Crippen MR) is 88.6 cm³/mol.